The number of benzene rings is 1. The number of amides is 1. The second kappa shape index (κ2) is 12.6. The lowest BCUT2D eigenvalue weighted by Gasteiger charge is -2.32. The first kappa shape index (κ1) is 25.9. The molecule has 174 valence electrons. The number of nitrogens with zero attached hydrogens (tertiary/aromatic N) is 3. The fourth-order valence-electron chi connectivity index (χ4n) is 4.13. The van der Waals surface area contributed by atoms with E-state index in [4.69, 9.17) is 22.1 Å². The Morgan fingerprint density at radius 1 is 1.32 bits per heavy atom. The van der Waals surface area contributed by atoms with Crippen LogP contribution in [-0.4, -0.2) is 67.2 Å². The molecule has 1 unspecified atom stereocenters. The van der Waals surface area contributed by atoms with Crippen molar-refractivity contribution in [3.63, 3.8) is 0 Å². The van der Waals surface area contributed by atoms with Gasteiger partial charge in [-0.05, 0) is 57.8 Å². The van der Waals surface area contributed by atoms with Gasteiger partial charge in [-0.15, -0.1) is 24.0 Å². The summed E-state index contributed by atoms with van der Waals surface area (Å²) in [7, 11) is 0. The summed E-state index contributed by atoms with van der Waals surface area (Å²) in [5, 5.41) is 3.66. The maximum absolute atomic E-state index is 14.6. The van der Waals surface area contributed by atoms with Crippen LogP contribution in [0.4, 0.5) is 9.18 Å². The van der Waals surface area contributed by atoms with E-state index < -0.39 is 0 Å². The fraction of sp³-hybridized carbons (Fsp3) is 0.619. The molecule has 31 heavy (non-hydrogen) atoms. The van der Waals surface area contributed by atoms with Crippen molar-refractivity contribution in [1.29, 1.82) is 0 Å². The Kier molecular flexibility index (Phi) is 10.6. The second-order valence-corrected chi connectivity index (χ2v) is 8.13. The molecule has 7 nitrogen and oxygen atoms in total. The smallest absolute Gasteiger partial charge is 0.409 e. The molecule has 1 amide bonds. The molecule has 1 aromatic carbocycles. The highest BCUT2D eigenvalue weighted by molar-refractivity contribution is 14.0. The third-order valence-electron chi connectivity index (χ3n) is 5.72. The van der Waals surface area contributed by atoms with Crippen LogP contribution in [0.2, 0.25) is 5.02 Å². The van der Waals surface area contributed by atoms with E-state index in [1.807, 2.05) is 0 Å². The number of hydrogen-bond donors (Lipinski definition) is 2. The van der Waals surface area contributed by atoms with Crippen LogP contribution in [0, 0.1) is 5.82 Å². The summed E-state index contributed by atoms with van der Waals surface area (Å²) >= 11 is 6.33. The molecule has 3 N–H and O–H groups in total. The number of aliphatic imine (C=N–C) groups is 1. The molecule has 0 radical (unpaired) electrons. The summed E-state index contributed by atoms with van der Waals surface area (Å²) in [6.45, 7) is 5.53. The third kappa shape index (κ3) is 7.08. The second-order valence-electron chi connectivity index (χ2n) is 7.72. The van der Waals surface area contributed by atoms with Crippen LogP contribution in [0.15, 0.2) is 23.2 Å². The Hall–Kier alpha value is -1.33. The number of carbonyl (C=O) groups is 1. The molecule has 2 saturated heterocycles. The Labute approximate surface area is 205 Å². The lowest BCUT2D eigenvalue weighted by molar-refractivity contribution is 0.0963. The minimum absolute atomic E-state index is 0. The summed E-state index contributed by atoms with van der Waals surface area (Å²) in [6.07, 6.45) is 3.43. The Morgan fingerprint density at radius 2 is 2.00 bits per heavy atom. The van der Waals surface area contributed by atoms with Gasteiger partial charge in [0.1, 0.15) is 5.82 Å². The summed E-state index contributed by atoms with van der Waals surface area (Å²) in [5.41, 5.74) is 6.62. The number of guanidine groups is 1. The molecule has 0 spiro atoms. The lowest BCUT2D eigenvalue weighted by Crippen LogP contribution is -2.48. The van der Waals surface area contributed by atoms with Gasteiger partial charge in [-0.3, -0.25) is 9.89 Å². The molecular weight excluding hydrogens is 536 g/mol. The van der Waals surface area contributed by atoms with Gasteiger partial charge < -0.3 is 20.7 Å². The van der Waals surface area contributed by atoms with Gasteiger partial charge in [-0.2, -0.15) is 0 Å². The monoisotopic (exact) mass is 567 g/mol. The zero-order chi connectivity index (χ0) is 21.5. The fourth-order valence-corrected chi connectivity index (χ4v) is 4.42. The van der Waals surface area contributed by atoms with Crippen molar-refractivity contribution >= 4 is 47.6 Å². The number of nitrogens with two attached hydrogens (primary N) is 1. The van der Waals surface area contributed by atoms with Gasteiger partial charge in [0, 0.05) is 29.7 Å². The summed E-state index contributed by atoms with van der Waals surface area (Å²) in [4.78, 5) is 20.3. The predicted molar refractivity (Wildman–Crippen MR) is 132 cm³/mol. The number of rotatable bonds is 6. The minimum atomic E-state index is -0.313. The van der Waals surface area contributed by atoms with E-state index in [0.29, 0.717) is 42.8 Å². The SMILES string of the molecule is CCOC(=O)N1CCC(NC(N)=NCC(c2c(F)cccc2Cl)N2CCCC2)CC1.I. The summed E-state index contributed by atoms with van der Waals surface area (Å²) in [5.74, 6) is 0.0220. The quantitative estimate of drug-likeness (QED) is 0.311. The summed E-state index contributed by atoms with van der Waals surface area (Å²) < 4.78 is 19.6. The van der Waals surface area contributed by atoms with Gasteiger partial charge in [0.05, 0.1) is 19.2 Å². The highest BCUT2D eigenvalue weighted by Crippen LogP contribution is 2.32. The molecule has 0 aliphatic carbocycles. The van der Waals surface area contributed by atoms with Gasteiger partial charge >= 0.3 is 6.09 Å². The van der Waals surface area contributed by atoms with Crippen molar-refractivity contribution < 1.29 is 13.9 Å². The number of likely N-dealkylation sites (tertiary alicyclic amines) is 2. The third-order valence-corrected chi connectivity index (χ3v) is 6.05. The minimum Gasteiger partial charge on any atom is -0.450 e. The Bertz CT molecular complexity index is 735. The maximum Gasteiger partial charge on any atom is 0.409 e. The first-order chi connectivity index (χ1) is 14.5. The van der Waals surface area contributed by atoms with Crippen molar-refractivity contribution in [2.45, 2.75) is 44.7 Å². The molecular formula is C21H32ClFIN5O2. The van der Waals surface area contributed by atoms with E-state index in [-0.39, 0.29) is 48.0 Å². The first-order valence-corrected chi connectivity index (χ1v) is 11.0. The van der Waals surface area contributed by atoms with Gasteiger partial charge in [-0.25, -0.2) is 9.18 Å². The molecule has 2 heterocycles. The molecule has 10 heteroatoms. The van der Waals surface area contributed by atoms with Crippen molar-refractivity contribution in [3.8, 4) is 0 Å². The van der Waals surface area contributed by atoms with E-state index in [1.165, 1.54) is 6.07 Å². The molecule has 3 rings (SSSR count). The molecule has 1 atom stereocenters. The molecule has 2 fully saturated rings. The normalized spacial score (nSPS) is 19.1. The number of nitrogens with one attached hydrogen (secondary N) is 1. The largest absolute Gasteiger partial charge is 0.450 e. The number of ether oxygens (including phenoxy) is 1. The Morgan fingerprint density at radius 3 is 2.61 bits per heavy atom. The zero-order valence-corrected chi connectivity index (χ0v) is 20.9. The molecule has 0 saturated carbocycles. The molecule has 0 bridgehead atoms. The van der Waals surface area contributed by atoms with Crippen LogP contribution >= 0.6 is 35.6 Å². The topological polar surface area (TPSA) is 83.2 Å². The standard InChI is InChI=1S/C21H31ClFN5O2.HI/c1-2-30-21(29)28-12-8-15(9-13-28)26-20(24)25-14-18(27-10-3-4-11-27)19-16(22)6-5-7-17(19)23;/h5-7,15,18H,2-4,8-14H2,1H3,(H3,24,25,26);1H. The Balaban J connectivity index is 0.00000341. The van der Waals surface area contributed by atoms with Crippen LogP contribution in [0.25, 0.3) is 0 Å². The average Bonchev–Trinajstić information content (AvgIpc) is 3.25. The van der Waals surface area contributed by atoms with Crippen molar-refractivity contribution in [2.75, 3.05) is 39.3 Å². The van der Waals surface area contributed by atoms with Crippen LogP contribution in [0.5, 0.6) is 0 Å². The van der Waals surface area contributed by atoms with E-state index >= 15 is 0 Å². The van der Waals surface area contributed by atoms with E-state index in [2.05, 4.69) is 15.2 Å². The van der Waals surface area contributed by atoms with Crippen LogP contribution in [0.3, 0.4) is 0 Å². The number of halogens is 3. The van der Waals surface area contributed by atoms with E-state index in [9.17, 15) is 9.18 Å². The molecule has 1 aromatic rings. The van der Waals surface area contributed by atoms with Crippen LogP contribution in [-0.2, 0) is 4.74 Å². The number of carbonyl (C=O) groups excluding carboxylic acids is 1. The van der Waals surface area contributed by atoms with Crippen molar-refractivity contribution in [3.05, 3.63) is 34.6 Å². The molecule has 0 aromatic heterocycles. The maximum atomic E-state index is 14.6. The van der Waals surface area contributed by atoms with Gasteiger partial charge in [0.25, 0.3) is 0 Å². The highest BCUT2D eigenvalue weighted by atomic mass is 127. The average molecular weight is 568 g/mol. The van der Waals surface area contributed by atoms with Gasteiger partial charge in [-0.1, -0.05) is 17.7 Å². The van der Waals surface area contributed by atoms with E-state index in [1.54, 1.807) is 24.0 Å². The first-order valence-electron chi connectivity index (χ1n) is 10.7. The molecule has 2 aliphatic rings. The van der Waals surface area contributed by atoms with Crippen molar-refractivity contribution in [1.82, 2.24) is 15.1 Å². The number of hydrogen-bond acceptors (Lipinski definition) is 4. The van der Waals surface area contributed by atoms with Crippen LogP contribution < -0.4 is 11.1 Å². The van der Waals surface area contributed by atoms with Crippen molar-refractivity contribution in [2.24, 2.45) is 10.7 Å². The predicted octanol–water partition coefficient (Wildman–Crippen LogP) is 3.76. The van der Waals surface area contributed by atoms with Crippen LogP contribution in [0.1, 0.15) is 44.2 Å². The van der Waals surface area contributed by atoms with Gasteiger partial charge in [0.2, 0.25) is 0 Å². The van der Waals surface area contributed by atoms with E-state index in [0.717, 1.165) is 38.8 Å². The number of piperidine rings is 1. The molecule has 2 aliphatic heterocycles. The lowest BCUT2D eigenvalue weighted by atomic mass is 10.0. The highest BCUT2D eigenvalue weighted by Gasteiger charge is 2.28. The van der Waals surface area contributed by atoms with Gasteiger partial charge in [0.15, 0.2) is 5.96 Å². The summed E-state index contributed by atoms with van der Waals surface area (Å²) in [6, 6.07) is 4.66. The zero-order valence-electron chi connectivity index (χ0n) is 17.9.